The molecule has 3 aliphatic rings. The standard InChI is InChI=1S/C24H31N5O2/c1-16-21-17(2)28(23(30)22(21)29(26-16)19-11-4-3-5-12-19)20-13-8-14-27(15-20)24(31)25-18-9-6-7-10-18/h3-5,11-12,17-18,20H,6-10,13-15H2,1-2H3,(H,25,31). The number of piperidine rings is 1. The minimum absolute atomic E-state index is 0.0232. The van der Waals surface area contributed by atoms with Gasteiger partial charge in [0.15, 0.2) is 0 Å². The molecule has 0 bridgehead atoms. The number of likely N-dealkylation sites (tertiary alicyclic amines) is 1. The summed E-state index contributed by atoms with van der Waals surface area (Å²) in [5, 5.41) is 7.88. The van der Waals surface area contributed by atoms with E-state index in [1.54, 1.807) is 4.68 Å². The van der Waals surface area contributed by atoms with Gasteiger partial charge in [0.2, 0.25) is 0 Å². The molecule has 1 saturated heterocycles. The van der Waals surface area contributed by atoms with Crippen molar-refractivity contribution < 1.29 is 9.59 Å². The van der Waals surface area contributed by atoms with Gasteiger partial charge in [0, 0.05) is 24.7 Å². The molecule has 7 nitrogen and oxygen atoms in total. The molecule has 1 aromatic carbocycles. The van der Waals surface area contributed by atoms with E-state index in [9.17, 15) is 9.59 Å². The van der Waals surface area contributed by atoms with Crippen LogP contribution in [0.1, 0.15) is 73.2 Å². The number of rotatable bonds is 3. The quantitative estimate of drug-likeness (QED) is 0.819. The summed E-state index contributed by atoms with van der Waals surface area (Å²) in [6, 6.07) is 10.2. The van der Waals surface area contributed by atoms with Crippen molar-refractivity contribution in [1.82, 2.24) is 24.9 Å². The van der Waals surface area contributed by atoms with E-state index in [-0.39, 0.29) is 24.0 Å². The number of benzene rings is 1. The Morgan fingerprint density at radius 2 is 1.84 bits per heavy atom. The van der Waals surface area contributed by atoms with Crippen LogP contribution < -0.4 is 5.32 Å². The Kier molecular flexibility index (Phi) is 5.20. The average Bonchev–Trinajstić information content (AvgIpc) is 3.47. The summed E-state index contributed by atoms with van der Waals surface area (Å²) >= 11 is 0. The molecule has 7 heteroatoms. The van der Waals surface area contributed by atoms with E-state index in [1.807, 2.05) is 47.1 Å². The summed E-state index contributed by atoms with van der Waals surface area (Å²) in [5.74, 6) is 0.0232. The molecule has 1 N–H and O–H groups in total. The molecule has 1 aromatic heterocycles. The van der Waals surface area contributed by atoms with Crippen LogP contribution in [0.25, 0.3) is 5.69 Å². The van der Waals surface area contributed by atoms with Crippen LogP contribution in [0.2, 0.25) is 0 Å². The van der Waals surface area contributed by atoms with Crippen LogP contribution in [0.5, 0.6) is 0 Å². The summed E-state index contributed by atoms with van der Waals surface area (Å²) in [6.45, 7) is 5.42. The number of aryl methyl sites for hydroxylation is 1. The van der Waals surface area contributed by atoms with Crippen LogP contribution in [0, 0.1) is 6.92 Å². The maximum atomic E-state index is 13.6. The second kappa shape index (κ2) is 8.02. The highest BCUT2D eigenvalue weighted by atomic mass is 16.2. The van der Waals surface area contributed by atoms with Crippen molar-refractivity contribution in [3.63, 3.8) is 0 Å². The maximum Gasteiger partial charge on any atom is 0.317 e. The third-order valence-corrected chi connectivity index (χ3v) is 7.14. The largest absolute Gasteiger partial charge is 0.335 e. The second-order valence-corrected chi connectivity index (χ2v) is 9.16. The van der Waals surface area contributed by atoms with Gasteiger partial charge in [-0.1, -0.05) is 31.0 Å². The predicted octanol–water partition coefficient (Wildman–Crippen LogP) is 3.81. The number of hydrogen-bond donors (Lipinski definition) is 1. The number of carbonyl (C=O) groups excluding carboxylic acids is 2. The number of nitrogens with one attached hydrogen (secondary N) is 1. The molecule has 164 valence electrons. The van der Waals surface area contributed by atoms with E-state index >= 15 is 0 Å². The first-order valence-electron chi connectivity index (χ1n) is 11.6. The van der Waals surface area contributed by atoms with Crippen LogP contribution in [0.3, 0.4) is 0 Å². The van der Waals surface area contributed by atoms with Crippen molar-refractivity contribution >= 4 is 11.9 Å². The summed E-state index contributed by atoms with van der Waals surface area (Å²) < 4.78 is 1.79. The second-order valence-electron chi connectivity index (χ2n) is 9.16. The van der Waals surface area contributed by atoms with Gasteiger partial charge in [-0.25, -0.2) is 9.48 Å². The van der Waals surface area contributed by atoms with Crippen LogP contribution in [-0.2, 0) is 0 Å². The highest BCUT2D eigenvalue weighted by molar-refractivity contribution is 5.98. The summed E-state index contributed by atoms with van der Waals surface area (Å²) in [4.78, 5) is 30.4. The smallest absolute Gasteiger partial charge is 0.317 e. The van der Waals surface area contributed by atoms with E-state index in [0.717, 1.165) is 49.2 Å². The number of para-hydroxylation sites is 1. The zero-order valence-corrected chi connectivity index (χ0v) is 18.4. The molecule has 1 saturated carbocycles. The molecule has 2 unspecified atom stereocenters. The maximum absolute atomic E-state index is 13.6. The lowest BCUT2D eigenvalue weighted by Crippen LogP contribution is -2.54. The van der Waals surface area contributed by atoms with Gasteiger partial charge in [0.05, 0.1) is 23.5 Å². The number of aromatic nitrogens is 2. The summed E-state index contributed by atoms with van der Waals surface area (Å²) in [7, 11) is 0. The molecule has 0 radical (unpaired) electrons. The van der Waals surface area contributed by atoms with E-state index in [1.165, 1.54) is 12.8 Å². The summed E-state index contributed by atoms with van der Waals surface area (Å²) in [6.07, 6.45) is 6.39. The Morgan fingerprint density at radius 3 is 2.58 bits per heavy atom. The van der Waals surface area contributed by atoms with Gasteiger partial charge in [0.25, 0.3) is 5.91 Å². The third kappa shape index (κ3) is 3.50. The fourth-order valence-corrected chi connectivity index (χ4v) is 5.62. The summed E-state index contributed by atoms with van der Waals surface area (Å²) in [5.41, 5.74) is 3.48. The Labute approximate surface area is 183 Å². The zero-order valence-electron chi connectivity index (χ0n) is 18.4. The minimum atomic E-state index is -0.0391. The highest BCUT2D eigenvalue weighted by Gasteiger charge is 2.44. The molecule has 5 rings (SSSR count). The molecular weight excluding hydrogens is 390 g/mol. The first-order chi connectivity index (χ1) is 15.0. The lowest BCUT2D eigenvalue weighted by atomic mass is 10.0. The van der Waals surface area contributed by atoms with Gasteiger partial charge in [-0.3, -0.25) is 4.79 Å². The number of carbonyl (C=O) groups is 2. The molecule has 2 aliphatic heterocycles. The number of nitrogens with zero attached hydrogens (tertiary/aromatic N) is 4. The van der Waals surface area contributed by atoms with Crippen LogP contribution in [-0.4, -0.2) is 56.7 Å². The fourth-order valence-electron chi connectivity index (χ4n) is 5.62. The van der Waals surface area contributed by atoms with E-state index in [0.29, 0.717) is 18.3 Å². The number of urea groups is 1. The van der Waals surface area contributed by atoms with Crippen molar-refractivity contribution in [1.29, 1.82) is 0 Å². The van der Waals surface area contributed by atoms with E-state index < -0.39 is 0 Å². The molecule has 2 aromatic rings. The highest BCUT2D eigenvalue weighted by Crippen LogP contribution is 2.39. The number of amides is 3. The van der Waals surface area contributed by atoms with Crippen molar-refractivity contribution in [2.45, 2.75) is 70.5 Å². The zero-order chi connectivity index (χ0) is 21.5. The molecule has 31 heavy (non-hydrogen) atoms. The third-order valence-electron chi connectivity index (χ3n) is 7.14. The molecule has 2 atom stereocenters. The Bertz CT molecular complexity index is 979. The Balaban J connectivity index is 1.37. The van der Waals surface area contributed by atoms with Crippen LogP contribution in [0.15, 0.2) is 30.3 Å². The molecule has 3 heterocycles. The molecular formula is C24H31N5O2. The van der Waals surface area contributed by atoms with Crippen LogP contribution >= 0.6 is 0 Å². The van der Waals surface area contributed by atoms with Crippen molar-refractivity contribution in [3.05, 3.63) is 47.3 Å². The van der Waals surface area contributed by atoms with Gasteiger partial charge >= 0.3 is 6.03 Å². The van der Waals surface area contributed by atoms with Crippen molar-refractivity contribution in [2.24, 2.45) is 0 Å². The minimum Gasteiger partial charge on any atom is -0.335 e. The monoisotopic (exact) mass is 421 g/mol. The number of hydrogen-bond acceptors (Lipinski definition) is 3. The lowest BCUT2D eigenvalue weighted by molar-refractivity contribution is 0.0514. The SMILES string of the molecule is Cc1nn(-c2ccccc2)c2c1C(C)N(C1CCCN(C(=O)NC3CCCC3)C1)C2=O. The Hall–Kier alpha value is -2.83. The van der Waals surface area contributed by atoms with Gasteiger partial charge < -0.3 is 15.1 Å². The molecule has 3 amide bonds. The van der Waals surface area contributed by atoms with Gasteiger partial charge in [-0.05, 0) is 51.7 Å². The fraction of sp³-hybridized carbons (Fsp3) is 0.542. The topological polar surface area (TPSA) is 70.5 Å². The lowest BCUT2D eigenvalue weighted by Gasteiger charge is -2.40. The molecule has 2 fully saturated rings. The van der Waals surface area contributed by atoms with E-state index in [4.69, 9.17) is 0 Å². The van der Waals surface area contributed by atoms with Crippen LogP contribution in [0.4, 0.5) is 4.79 Å². The van der Waals surface area contributed by atoms with Gasteiger partial charge in [-0.2, -0.15) is 5.10 Å². The molecule has 0 spiro atoms. The first-order valence-corrected chi connectivity index (χ1v) is 11.6. The van der Waals surface area contributed by atoms with Crippen molar-refractivity contribution in [2.75, 3.05) is 13.1 Å². The predicted molar refractivity (Wildman–Crippen MR) is 118 cm³/mol. The average molecular weight is 422 g/mol. The van der Waals surface area contributed by atoms with E-state index in [2.05, 4.69) is 17.3 Å². The van der Waals surface area contributed by atoms with Gasteiger partial charge in [0.1, 0.15) is 5.69 Å². The van der Waals surface area contributed by atoms with Crippen molar-refractivity contribution in [3.8, 4) is 5.69 Å². The Morgan fingerprint density at radius 1 is 1.10 bits per heavy atom. The molecule has 1 aliphatic carbocycles. The van der Waals surface area contributed by atoms with Gasteiger partial charge in [-0.15, -0.1) is 0 Å². The number of fused-ring (bicyclic) bond motifs is 1. The first kappa shape index (κ1) is 20.1. The normalized spacial score (nSPS) is 24.0.